The lowest BCUT2D eigenvalue weighted by molar-refractivity contribution is -0.138. The first kappa shape index (κ1) is 32.4. The maximum atomic E-state index is 10.8. The number of β-lactam (4-membered cyclic amide) rings is 1. The lowest BCUT2D eigenvalue weighted by atomic mass is 10.2. The van der Waals surface area contributed by atoms with Crippen LogP contribution in [0.1, 0.15) is 12.6 Å². The van der Waals surface area contributed by atoms with Crippen LogP contribution in [-0.4, -0.2) is 102 Å². The fourth-order valence-corrected chi connectivity index (χ4v) is 5.54. The Morgan fingerprint density at radius 3 is 2.62 bits per heavy atom. The van der Waals surface area contributed by atoms with Crippen LogP contribution in [0.5, 0.6) is 5.75 Å². The molecule has 0 aliphatic carbocycles. The van der Waals surface area contributed by atoms with E-state index in [1.807, 2.05) is 30.5 Å². The number of nitrogens with zero attached hydrogens (tertiary/aromatic N) is 4. The van der Waals surface area contributed by atoms with Crippen molar-refractivity contribution >= 4 is 78.0 Å². The fourth-order valence-electron chi connectivity index (χ4n) is 3.27. The number of oxime groups is 1. The second-order valence-corrected chi connectivity index (χ2v) is 11.6. The van der Waals surface area contributed by atoms with Crippen molar-refractivity contribution in [3.05, 3.63) is 29.3 Å². The van der Waals surface area contributed by atoms with Gasteiger partial charge in [-0.15, -0.1) is 11.3 Å². The first-order valence-electron chi connectivity index (χ1n) is 12.0. The lowest BCUT2D eigenvalue weighted by Gasteiger charge is -2.34. The van der Waals surface area contributed by atoms with Crippen LogP contribution in [0.25, 0.3) is 10.2 Å². The van der Waals surface area contributed by atoms with Gasteiger partial charge in [-0.2, -0.15) is 8.42 Å². The molecule has 2 amide bonds. The Hall–Kier alpha value is -4.11. The van der Waals surface area contributed by atoms with Crippen LogP contribution in [0.2, 0.25) is 0 Å². The molecule has 17 nitrogen and oxygen atoms in total. The van der Waals surface area contributed by atoms with Crippen molar-refractivity contribution in [2.75, 3.05) is 43.9 Å². The average Bonchev–Trinajstić information content (AvgIpc) is 3.53. The van der Waals surface area contributed by atoms with Gasteiger partial charge in [0.1, 0.15) is 29.8 Å². The molecule has 1 unspecified atom stereocenters. The van der Waals surface area contributed by atoms with Gasteiger partial charge in [0.25, 0.3) is 12.4 Å². The average molecular weight is 645 g/mol. The standard InChI is InChI=1S/C17H20N6O2S2.C4H6N2O5S.CH2O2/c1-10(14-9-26-16(18)21-14)23-25-5-4-24-12-2-3-13-15(6-12)27-17(22-13)20-11-7-19-8-11;7-2-5-3-1-6(4(3)8)12(9,10)11;2-1-3/h2-3,6,9,11,19H,4-5,7-8H2,1H3,(H2,18,21)(H,20,22);2-3H,1H2,(H,5,7)(H,9,10,11);1H,(H,2,3)/b23-10+;;. The summed E-state index contributed by atoms with van der Waals surface area (Å²) in [4.78, 5) is 43.0. The van der Waals surface area contributed by atoms with Crippen LogP contribution in [0, 0.1) is 0 Å². The number of amides is 2. The Bertz CT molecular complexity index is 1510. The largest absolute Gasteiger partial charge is 0.490 e. The van der Waals surface area contributed by atoms with E-state index in [1.165, 1.54) is 11.3 Å². The molecule has 1 aromatic carbocycles. The van der Waals surface area contributed by atoms with Crippen molar-refractivity contribution in [2.45, 2.75) is 19.0 Å². The van der Waals surface area contributed by atoms with E-state index in [0.717, 1.165) is 39.9 Å². The van der Waals surface area contributed by atoms with Gasteiger partial charge in [-0.05, 0) is 25.1 Å². The Kier molecular flexibility index (Phi) is 11.7. The first-order chi connectivity index (χ1) is 20.0. The second kappa shape index (κ2) is 15.2. The molecule has 0 bridgehead atoms. The molecule has 2 fully saturated rings. The number of fused-ring (bicyclic) bond motifs is 1. The molecule has 5 rings (SSSR count). The van der Waals surface area contributed by atoms with Gasteiger partial charge < -0.3 is 36.4 Å². The number of carbonyl (C=O) groups is 3. The molecular formula is C22H28N8O9S3. The predicted molar refractivity (Wildman–Crippen MR) is 155 cm³/mol. The number of nitrogens with one attached hydrogen (secondary N) is 3. The quantitative estimate of drug-likeness (QED) is 0.0401. The van der Waals surface area contributed by atoms with Gasteiger partial charge in [0, 0.05) is 18.5 Å². The van der Waals surface area contributed by atoms with E-state index < -0.39 is 22.3 Å². The van der Waals surface area contributed by atoms with E-state index in [-0.39, 0.29) is 17.3 Å². The summed E-state index contributed by atoms with van der Waals surface area (Å²) in [6.07, 6.45) is 0.296. The number of carbonyl (C=O) groups excluding carboxylic acids is 2. The van der Waals surface area contributed by atoms with Gasteiger partial charge in [-0.25, -0.2) is 14.3 Å². The number of rotatable bonds is 11. The summed E-state index contributed by atoms with van der Waals surface area (Å²) < 4.78 is 36.1. The Balaban J connectivity index is 0.000000270. The third-order valence-electron chi connectivity index (χ3n) is 5.45. The highest BCUT2D eigenvalue weighted by Gasteiger charge is 2.43. The number of aromatic nitrogens is 2. The Labute approximate surface area is 247 Å². The molecule has 42 heavy (non-hydrogen) atoms. The minimum absolute atomic E-state index is 0.212. The van der Waals surface area contributed by atoms with Gasteiger partial charge >= 0.3 is 10.3 Å². The van der Waals surface area contributed by atoms with Crippen LogP contribution in [0.3, 0.4) is 0 Å². The smallest absolute Gasteiger partial charge is 0.362 e. The van der Waals surface area contributed by atoms with Crippen molar-refractivity contribution in [3.63, 3.8) is 0 Å². The molecule has 4 heterocycles. The molecule has 2 aliphatic rings. The number of thiazole rings is 2. The highest BCUT2D eigenvalue weighted by Crippen LogP contribution is 2.29. The van der Waals surface area contributed by atoms with Gasteiger partial charge in [0.15, 0.2) is 16.9 Å². The zero-order valence-electron chi connectivity index (χ0n) is 22.0. The maximum Gasteiger partial charge on any atom is 0.362 e. The Morgan fingerprint density at radius 2 is 2.05 bits per heavy atom. The molecule has 2 saturated heterocycles. The predicted octanol–water partition coefficient (Wildman–Crippen LogP) is -0.0149. The van der Waals surface area contributed by atoms with E-state index in [1.54, 1.807) is 11.3 Å². The van der Waals surface area contributed by atoms with Crippen LogP contribution in [-0.2, 0) is 29.5 Å². The van der Waals surface area contributed by atoms with Gasteiger partial charge in [-0.1, -0.05) is 16.5 Å². The van der Waals surface area contributed by atoms with Gasteiger partial charge in [0.05, 0.1) is 22.8 Å². The van der Waals surface area contributed by atoms with Crippen molar-refractivity contribution < 1.29 is 42.0 Å². The monoisotopic (exact) mass is 644 g/mol. The van der Waals surface area contributed by atoms with E-state index in [0.29, 0.717) is 36.5 Å². The molecule has 0 radical (unpaired) electrons. The summed E-state index contributed by atoms with van der Waals surface area (Å²) in [5, 5.41) is 23.0. The van der Waals surface area contributed by atoms with E-state index in [9.17, 15) is 18.0 Å². The van der Waals surface area contributed by atoms with Crippen LogP contribution < -0.4 is 26.4 Å². The molecule has 20 heteroatoms. The third kappa shape index (κ3) is 9.21. The minimum atomic E-state index is -4.44. The fraction of sp³-hybridized carbons (Fsp3) is 0.364. The minimum Gasteiger partial charge on any atom is -0.490 e. The number of ether oxygens (including phenoxy) is 1. The third-order valence-corrected chi connectivity index (χ3v) is 7.96. The van der Waals surface area contributed by atoms with Crippen molar-refractivity contribution in [2.24, 2.45) is 5.16 Å². The number of nitrogen functional groups attached to an aromatic ring is 1. The van der Waals surface area contributed by atoms with E-state index in [2.05, 4.69) is 31.1 Å². The number of hydrogen-bond acceptors (Lipinski definition) is 15. The second-order valence-electron chi connectivity index (χ2n) is 8.37. The Morgan fingerprint density at radius 1 is 1.31 bits per heavy atom. The molecule has 7 N–H and O–H groups in total. The van der Waals surface area contributed by atoms with Crippen molar-refractivity contribution in [1.29, 1.82) is 0 Å². The van der Waals surface area contributed by atoms with Crippen molar-refractivity contribution in [1.82, 2.24) is 24.9 Å². The maximum absolute atomic E-state index is 10.8. The summed E-state index contributed by atoms with van der Waals surface area (Å²) in [6.45, 7) is 4.09. The van der Waals surface area contributed by atoms with Gasteiger partial charge in [-0.3, -0.25) is 18.9 Å². The molecule has 3 aromatic rings. The summed E-state index contributed by atoms with van der Waals surface area (Å²) in [5.74, 6) is -0.0378. The lowest BCUT2D eigenvalue weighted by Crippen LogP contribution is -2.63. The summed E-state index contributed by atoms with van der Waals surface area (Å²) in [7, 11) is -4.44. The van der Waals surface area contributed by atoms with Crippen LogP contribution >= 0.6 is 22.7 Å². The summed E-state index contributed by atoms with van der Waals surface area (Å²) in [6, 6.07) is 5.54. The molecule has 2 aromatic heterocycles. The number of hydrogen-bond donors (Lipinski definition) is 6. The molecule has 1 atom stereocenters. The molecular weight excluding hydrogens is 616 g/mol. The van der Waals surface area contributed by atoms with Crippen molar-refractivity contribution in [3.8, 4) is 5.75 Å². The highest BCUT2D eigenvalue weighted by molar-refractivity contribution is 7.84. The zero-order valence-corrected chi connectivity index (χ0v) is 24.4. The van der Waals surface area contributed by atoms with E-state index in [4.69, 9.17) is 29.8 Å². The van der Waals surface area contributed by atoms with Crippen LogP contribution in [0.4, 0.5) is 10.3 Å². The zero-order chi connectivity index (χ0) is 30.7. The SMILES string of the molecule is C/C(=N\OCCOc1ccc2nc(NC3CNC3)sc2c1)c1csc(N)n1.O=CNC1CN(S(=O)(=O)O)C1=O.O=CO. The normalized spacial score (nSPS) is 16.5. The van der Waals surface area contributed by atoms with Gasteiger partial charge in [0.2, 0.25) is 6.41 Å². The number of anilines is 2. The molecule has 0 saturated carbocycles. The molecule has 2 aliphatic heterocycles. The molecule has 0 spiro atoms. The first-order valence-corrected chi connectivity index (χ1v) is 15.1. The number of nitrogens with two attached hydrogens (primary N) is 1. The summed E-state index contributed by atoms with van der Waals surface area (Å²) in [5.41, 5.74) is 8.01. The number of benzene rings is 1. The number of carboxylic acid groups (broad SMARTS) is 1. The topological polar surface area (TPSA) is 248 Å². The summed E-state index contributed by atoms with van der Waals surface area (Å²) >= 11 is 3.01. The molecule has 228 valence electrons. The van der Waals surface area contributed by atoms with Crippen LogP contribution in [0.15, 0.2) is 28.7 Å². The van der Waals surface area contributed by atoms with E-state index >= 15 is 0 Å². The highest BCUT2D eigenvalue weighted by atomic mass is 32.2.